The Labute approximate surface area is 221 Å². The van der Waals surface area contributed by atoms with E-state index in [1.807, 2.05) is 0 Å². The van der Waals surface area contributed by atoms with Crippen LogP contribution in [0.25, 0.3) is 16.2 Å². The van der Waals surface area contributed by atoms with E-state index in [1.54, 1.807) is 54.8 Å². The first-order valence-corrected chi connectivity index (χ1v) is 12.4. The molecule has 0 spiro atoms. The molecule has 0 saturated carbocycles. The van der Waals surface area contributed by atoms with E-state index in [9.17, 15) is 22.8 Å². The highest BCUT2D eigenvalue weighted by Crippen LogP contribution is 2.35. The minimum atomic E-state index is -4.80. The summed E-state index contributed by atoms with van der Waals surface area (Å²) in [5.74, 6) is -1.53. The molecule has 0 saturated heterocycles. The van der Waals surface area contributed by atoms with Crippen LogP contribution in [0.4, 0.5) is 24.5 Å². The lowest BCUT2D eigenvalue weighted by Crippen LogP contribution is -2.19. The molecular formula is C24H17ClF3N7O2S. The molecule has 4 aromatic heterocycles. The predicted molar refractivity (Wildman–Crippen MR) is 137 cm³/mol. The van der Waals surface area contributed by atoms with Gasteiger partial charge in [0.25, 0.3) is 11.8 Å². The fourth-order valence-corrected chi connectivity index (χ4v) is 4.56. The lowest BCUT2D eigenvalue weighted by Gasteiger charge is -2.10. The molecule has 1 aromatic carbocycles. The maximum atomic E-state index is 13.9. The third-order valence-corrected chi connectivity index (χ3v) is 6.63. The van der Waals surface area contributed by atoms with Crippen LogP contribution < -0.4 is 10.6 Å². The van der Waals surface area contributed by atoms with Crippen LogP contribution in [0, 0.1) is 0 Å². The highest BCUT2D eigenvalue weighted by Gasteiger charge is 2.37. The largest absolute Gasteiger partial charge is 0.433 e. The van der Waals surface area contributed by atoms with Gasteiger partial charge in [-0.05, 0) is 36.6 Å². The van der Waals surface area contributed by atoms with E-state index in [4.69, 9.17) is 11.6 Å². The molecule has 38 heavy (non-hydrogen) atoms. The Kier molecular flexibility index (Phi) is 6.63. The van der Waals surface area contributed by atoms with Gasteiger partial charge in [0.05, 0.1) is 16.3 Å². The van der Waals surface area contributed by atoms with Crippen LogP contribution in [0.5, 0.6) is 0 Å². The molecule has 4 heterocycles. The number of anilines is 2. The van der Waals surface area contributed by atoms with Crippen molar-refractivity contribution in [1.82, 2.24) is 24.4 Å². The summed E-state index contributed by atoms with van der Waals surface area (Å²) in [6.45, 7) is 2.17. The molecular weight excluding hydrogens is 543 g/mol. The van der Waals surface area contributed by atoms with Gasteiger partial charge in [-0.25, -0.2) is 9.50 Å². The molecule has 5 rings (SSSR count). The topological polar surface area (TPSA) is 106 Å². The van der Waals surface area contributed by atoms with Crippen LogP contribution in [0.3, 0.4) is 0 Å². The van der Waals surface area contributed by atoms with Gasteiger partial charge in [0.1, 0.15) is 5.02 Å². The van der Waals surface area contributed by atoms with Crippen LogP contribution >= 0.6 is 22.9 Å². The smallest absolute Gasteiger partial charge is 0.321 e. The summed E-state index contributed by atoms with van der Waals surface area (Å²) in [7, 11) is 0. The highest BCUT2D eigenvalue weighted by molar-refractivity contribution is 7.13. The summed E-state index contributed by atoms with van der Waals surface area (Å²) in [6.07, 6.45) is -3.38. The monoisotopic (exact) mass is 559 g/mol. The van der Waals surface area contributed by atoms with Gasteiger partial charge in [0, 0.05) is 18.4 Å². The molecule has 0 bridgehead atoms. The van der Waals surface area contributed by atoms with Crippen LogP contribution in [0.1, 0.15) is 33.6 Å². The lowest BCUT2D eigenvalue weighted by molar-refractivity contribution is -0.142. The number of hydrogen-bond acceptors (Lipinski definition) is 6. The van der Waals surface area contributed by atoms with Crippen LogP contribution in [0.15, 0.2) is 60.1 Å². The molecule has 0 radical (unpaired) electrons. The van der Waals surface area contributed by atoms with E-state index in [0.717, 1.165) is 6.07 Å². The zero-order valence-corrected chi connectivity index (χ0v) is 21.0. The van der Waals surface area contributed by atoms with E-state index in [0.29, 0.717) is 21.6 Å². The molecule has 14 heteroatoms. The van der Waals surface area contributed by atoms with Gasteiger partial charge in [-0.3, -0.25) is 14.3 Å². The fourth-order valence-electron chi connectivity index (χ4n) is 3.62. The summed E-state index contributed by atoms with van der Waals surface area (Å²) in [6, 6.07) is 12.8. The Morgan fingerprint density at radius 2 is 1.76 bits per heavy atom. The van der Waals surface area contributed by atoms with Crippen molar-refractivity contribution in [2.45, 2.75) is 19.6 Å². The van der Waals surface area contributed by atoms with Crippen molar-refractivity contribution in [1.29, 1.82) is 0 Å². The number of fused-ring (bicyclic) bond motifs is 1. The van der Waals surface area contributed by atoms with Crippen molar-refractivity contribution in [2.24, 2.45) is 0 Å². The van der Waals surface area contributed by atoms with E-state index >= 15 is 0 Å². The second-order valence-corrected chi connectivity index (χ2v) is 9.25. The molecule has 9 nitrogen and oxygen atoms in total. The van der Waals surface area contributed by atoms with E-state index < -0.39 is 29.4 Å². The number of rotatable bonds is 6. The Morgan fingerprint density at radius 1 is 1.03 bits per heavy atom. The maximum Gasteiger partial charge on any atom is 0.433 e. The van der Waals surface area contributed by atoms with Crippen molar-refractivity contribution >= 4 is 51.8 Å². The van der Waals surface area contributed by atoms with Crippen molar-refractivity contribution in [2.75, 3.05) is 10.6 Å². The first-order chi connectivity index (χ1) is 18.2. The number of aromatic nitrogens is 5. The summed E-state index contributed by atoms with van der Waals surface area (Å²) >= 11 is 7.55. The Bertz CT molecular complexity index is 1650. The van der Waals surface area contributed by atoms with Crippen molar-refractivity contribution in [3.8, 4) is 10.6 Å². The van der Waals surface area contributed by atoms with Crippen molar-refractivity contribution in [3.05, 3.63) is 82.2 Å². The average molecular weight is 560 g/mol. The highest BCUT2D eigenvalue weighted by atomic mass is 35.5. The second kappa shape index (κ2) is 9.91. The third kappa shape index (κ3) is 4.85. The van der Waals surface area contributed by atoms with Gasteiger partial charge in [-0.15, -0.1) is 11.3 Å². The number of thiophene rings is 1. The number of carbonyl (C=O) groups excluding carboxylic acids is 2. The normalized spacial score (nSPS) is 11.6. The second-order valence-electron chi connectivity index (χ2n) is 7.92. The molecule has 2 amide bonds. The van der Waals surface area contributed by atoms with Gasteiger partial charge >= 0.3 is 6.18 Å². The molecule has 0 fully saturated rings. The molecule has 2 N–H and O–H groups in total. The van der Waals surface area contributed by atoms with Gasteiger partial charge in [-0.1, -0.05) is 35.9 Å². The van der Waals surface area contributed by atoms with Gasteiger partial charge in [-0.2, -0.15) is 23.4 Å². The number of carbonyl (C=O) groups is 2. The molecule has 0 aliphatic carbocycles. The average Bonchev–Trinajstić information content (AvgIpc) is 3.63. The fraction of sp³-hybridized carbons (Fsp3) is 0.125. The number of amides is 2. The molecule has 0 atom stereocenters. The number of nitrogens with one attached hydrogen (secondary N) is 2. The Balaban J connectivity index is 1.52. The zero-order chi connectivity index (χ0) is 27.0. The van der Waals surface area contributed by atoms with Crippen LogP contribution in [0.2, 0.25) is 5.02 Å². The number of para-hydroxylation sites is 1. The Morgan fingerprint density at radius 3 is 2.42 bits per heavy atom. The van der Waals surface area contributed by atoms with Gasteiger partial charge in [0.2, 0.25) is 0 Å². The summed E-state index contributed by atoms with van der Waals surface area (Å²) < 4.78 is 43.6. The first kappa shape index (κ1) is 25.4. The zero-order valence-electron chi connectivity index (χ0n) is 19.5. The SMILES string of the molecule is CCn1cc(NC(=O)c2nn3c(C(F)(F)F)cc(-c4cccs4)nc3c2Cl)c(C(=O)Nc2ccccc2)n1. The lowest BCUT2D eigenvalue weighted by atomic mass is 10.2. The molecule has 5 aromatic rings. The first-order valence-electron chi connectivity index (χ1n) is 11.1. The standard InChI is InChI=1S/C24H17ClF3N7O2S/c1-2-34-12-15(19(32-34)22(36)29-13-7-4-3-5-8-13)31-23(37)20-18(25)21-30-14(16-9-6-10-38-16)11-17(24(26,27)28)35(21)33-20/h3-12H,2H2,1H3,(H,29,36)(H,31,37). The van der Waals surface area contributed by atoms with Crippen LogP contribution in [-0.4, -0.2) is 36.2 Å². The minimum Gasteiger partial charge on any atom is -0.321 e. The minimum absolute atomic E-state index is 0.0293. The van der Waals surface area contributed by atoms with Gasteiger partial charge < -0.3 is 10.6 Å². The molecule has 194 valence electrons. The van der Waals surface area contributed by atoms with Gasteiger partial charge in [0.15, 0.2) is 22.7 Å². The number of alkyl halides is 3. The summed E-state index contributed by atoms with van der Waals surface area (Å²) in [4.78, 5) is 30.8. The number of benzene rings is 1. The van der Waals surface area contributed by atoms with Crippen molar-refractivity contribution in [3.63, 3.8) is 0 Å². The predicted octanol–water partition coefficient (Wildman–Crippen LogP) is 5.85. The molecule has 0 aliphatic rings. The molecule has 0 aliphatic heterocycles. The number of halogens is 4. The number of hydrogen-bond donors (Lipinski definition) is 2. The van der Waals surface area contributed by atoms with E-state index in [2.05, 4.69) is 25.8 Å². The van der Waals surface area contributed by atoms with Crippen LogP contribution in [-0.2, 0) is 12.7 Å². The van der Waals surface area contributed by atoms with E-state index in [-0.39, 0.29) is 27.7 Å². The van der Waals surface area contributed by atoms with Crippen molar-refractivity contribution < 1.29 is 22.8 Å². The third-order valence-electron chi connectivity index (χ3n) is 5.39. The quantitative estimate of drug-likeness (QED) is 0.271. The number of aryl methyl sites for hydroxylation is 1. The Hall–Kier alpha value is -4.23. The maximum absolute atomic E-state index is 13.9. The van der Waals surface area contributed by atoms with E-state index in [1.165, 1.54) is 22.2 Å². The summed E-state index contributed by atoms with van der Waals surface area (Å²) in [5, 5.41) is 14.5. The summed E-state index contributed by atoms with van der Waals surface area (Å²) in [5.41, 5.74) is -1.49. The number of nitrogens with zero attached hydrogens (tertiary/aromatic N) is 5. The molecule has 0 unspecified atom stereocenters.